The molecule has 0 saturated carbocycles. The highest BCUT2D eigenvalue weighted by molar-refractivity contribution is 7.98. The second-order valence-corrected chi connectivity index (χ2v) is 9.16. The number of aliphatic carboxylic acids is 1. The number of unbranched alkanes of at least 4 members (excludes halogenated alkanes) is 1. The average Bonchev–Trinajstić information content (AvgIpc) is 2.76. The highest BCUT2D eigenvalue weighted by Crippen LogP contribution is 2.10. The third kappa shape index (κ3) is 11.7. The molecule has 12 heteroatoms. The Morgan fingerprint density at radius 1 is 0.939 bits per heavy atom. The second-order valence-electron chi connectivity index (χ2n) is 8.17. The Kier molecular flexibility index (Phi) is 15.7. The molecule has 6 atom stereocenters. The number of carboxylic acids is 1. The molecule has 0 radical (unpaired) electrons. The van der Waals surface area contributed by atoms with E-state index in [9.17, 15) is 29.4 Å². The number of hydrogen-bond acceptors (Lipinski definition) is 8. The monoisotopic (exact) mass is 491 g/mol. The highest BCUT2D eigenvalue weighted by atomic mass is 32.2. The largest absolute Gasteiger partial charge is 0.480 e. The Labute approximate surface area is 200 Å². The molecule has 33 heavy (non-hydrogen) atoms. The zero-order chi connectivity index (χ0) is 25.6. The van der Waals surface area contributed by atoms with Crippen LogP contribution in [0.2, 0.25) is 0 Å². The van der Waals surface area contributed by atoms with Crippen LogP contribution < -0.4 is 27.4 Å². The SMILES string of the molecule is CCC(C)C(NC(=O)C(N)CCCCN)C(=O)NC(C(=O)NC(CCSC)C(=O)O)C(C)O. The van der Waals surface area contributed by atoms with Crippen LogP contribution in [0, 0.1) is 5.92 Å². The van der Waals surface area contributed by atoms with Crippen molar-refractivity contribution in [3.63, 3.8) is 0 Å². The number of thioether (sulfide) groups is 1. The summed E-state index contributed by atoms with van der Waals surface area (Å²) in [4.78, 5) is 49.6. The molecule has 11 nitrogen and oxygen atoms in total. The molecule has 0 spiro atoms. The van der Waals surface area contributed by atoms with Gasteiger partial charge < -0.3 is 37.6 Å². The van der Waals surface area contributed by atoms with Crippen molar-refractivity contribution in [2.24, 2.45) is 17.4 Å². The van der Waals surface area contributed by atoms with Crippen LogP contribution in [0.4, 0.5) is 0 Å². The summed E-state index contributed by atoms with van der Waals surface area (Å²) in [7, 11) is 0. The molecule has 0 bridgehead atoms. The van der Waals surface area contributed by atoms with Gasteiger partial charge in [-0.05, 0) is 50.7 Å². The van der Waals surface area contributed by atoms with Crippen LogP contribution in [0.15, 0.2) is 0 Å². The van der Waals surface area contributed by atoms with Crippen LogP contribution in [0.3, 0.4) is 0 Å². The van der Waals surface area contributed by atoms with Gasteiger partial charge in [-0.25, -0.2) is 4.79 Å². The lowest BCUT2D eigenvalue weighted by Crippen LogP contribution is -2.61. The van der Waals surface area contributed by atoms with E-state index in [-0.39, 0.29) is 12.3 Å². The van der Waals surface area contributed by atoms with Crippen LogP contribution in [-0.4, -0.2) is 82.7 Å². The summed E-state index contributed by atoms with van der Waals surface area (Å²) in [5.74, 6) is -2.95. The van der Waals surface area contributed by atoms with Gasteiger partial charge in [0, 0.05) is 0 Å². The highest BCUT2D eigenvalue weighted by Gasteiger charge is 2.34. The van der Waals surface area contributed by atoms with Crippen molar-refractivity contribution in [1.29, 1.82) is 0 Å². The summed E-state index contributed by atoms with van der Waals surface area (Å²) in [6.07, 6.45) is 3.09. The van der Waals surface area contributed by atoms with Gasteiger partial charge in [-0.15, -0.1) is 0 Å². The lowest BCUT2D eigenvalue weighted by molar-refractivity contribution is -0.143. The Morgan fingerprint density at radius 2 is 1.52 bits per heavy atom. The van der Waals surface area contributed by atoms with Crippen LogP contribution in [0.5, 0.6) is 0 Å². The van der Waals surface area contributed by atoms with Gasteiger partial charge in [0.25, 0.3) is 0 Å². The number of amides is 3. The fourth-order valence-electron chi connectivity index (χ4n) is 3.00. The molecule has 0 aliphatic carbocycles. The quantitative estimate of drug-likeness (QED) is 0.127. The minimum Gasteiger partial charge on any atom is -0.480 e. The van der Waals surface area contributed by atoms with E-state index < -0.39 is 54.0 Å². The summed E-state index contributed by atoms with van der Waals surface area (Å²) < 4.78 is 0. The van der Waals surface area contributed by atoms with Crippen molar-refractivity contribution in [3.8, 4) is 0 Å². The molecule has 0 saturated heterocycles. The first kappa shape index (κ1) is 31.1. The van der Waals surface area contributed by atoms with Crippen molar-refractivity contribution in [3.05, 3.63) is 0 Å². The molecule has 6 unspecified atom stereocenters. The van der Waals surface area contributed by atoms with Gasteiger partial charge in [-0.2, -0.15) is 11.8 Å². The number of rotatable bonds is 17. The van der Waals surface area contributed by atoms with E-state index in [4.69, 9.17) is 11.5 Å². The number of aliphatic hydroxyl groups excluding tert-OH is 1. The standard InChI is InChI=1S/C21H41N5O6S/c1-5-12(2)16(25-18(28)14(23)8-6-7-10-22)19(29)26-17(13(3)27)20(30)24-15(21(31)32)9-11-33-4/h12-17,27H,5-11,22-23H2,1-4H3,(H,24,30)(H,25,28)(H,26,29)(H,31,32). The Morgan fingerprint density at radius 3 is 2.00 bits per heavy atom. The summed E-state index contributed by atoms with van der Waals surface area (Å²) in [5, 5.41) is 26.9. The molecule has 0 aliphatic heterocycles. The topological polar surface area (TPSA) is 197 Å². The van der Waals surface area contributed by atoms with Gasteiger partial charge >= 0.3 is 5.97 Å². The van der Waals surface area contributed by atoms with E-state index in [0.29, 0.717) is 31.6 Å². The van der Waals surface area contributed by atoms with E-state index >= 15 is 0 Å². The molecule has 0 fully saturated rings. The molecule has 0 rings (SSSR count). The fraction of sp³-hybridized carbons (Fsp3) is 0.810. The van der Waals surface area contributed by atoms with E-state index in [1.54, 1.807) is 6.92 Å². The van der Waals surface area contributed by atoms with Crippen molar-refractivity contribution >= 4 is 35.5 Å². The first-order valence-electron chi connectivity index (χ1n) is 11.3. The van der Waals surface area contributed by atoms with Crippen molar-refractivity contribution in [1.82, 2.24) is 16.0 Å². The maximum absolute atomic E-state index is 13.0. The second kappa shape index (κ2) is 16.7. The molecule has 0 aromatic carbocycles. The molecule has 9 N–H and O–H groups in total. The lowest BCUT2D eigenvalue weighted by atomic mass is 9.96. The molecular formula is C21H41N5O6S. The van der Waals surface area contributed by atoms with E-state index in [2.05, 4.69) is 16.0 Å². The summed E-state index contributed by atoms with van der Waals surface area (Å²) in [5.41, 5.74) is 11.4. The number of nitrogens with two attached hydrogens (primary N) is 2. The van der Waals surface area contributed by atoms with E-state index in [1.807, 2.05) is 13.2 Å². The van der Waals surface area contributed by atoms with Gasteiger partial charge in [0.05, 0.1) is 12.1 Å². The smallest absolute Gasteiger partial charge is 0.326 e. The van der Waals surface area contributed by atoms with Gasteiger partial charge in [-0.1, -0.05) is 26.7 Å². The Hall–Kier alpha value is -1.89. The number of carboxylic acid groups (broad SMARTS) is 1. The van der Waals surface area contributed by atoms with E-state index in [1.165, 1.54) is 18.7 Å². The van der Waals surface area contributed by atoms with Crippen LogP contribution >= 0.6 is 11.8 Å². The summed E-state index contributed by atoms with van der Waals surface area (Å²) in [6, 6.07) is -4.33. The predicted octanol–water partition coefficient (Wildman–Crippen LogP) is -0.838. The normalized spacial score (nSPS) is 16.6. The van der Waals surface area contributed by atoms with Crippen LogP contribution in [0.1, 0.15) is 52.9 Å². The van der Waals surface area contributed by atoms with Gasteiger partial charge in [0.2, 0.25) is 17.7 Å². The molecule has 0 aromatic rings. The lowest BCUT2D eigenvalue weighted by Gasteiger charge is -2.29. The zero-order valence-electron chi connectivity index (χ0n) is 20.0. The summed E-state index contributed by atoms with van der Waals surface area (Å²) in [6.45, 7) is 5.42. The van der Waals surface area contributed by atoms with Gasteiger partial charge in [0.1, 0.15) is 18.1 Å². The molecule has 192 valence electrons. The first-order chi connectivity index (χ1) is 15.5. The number of hydrogen-bond donors (Lipinski definition) is 7. The van der Waals surface area contributed by atoms with Crippen molar-refractivity contribution in [2.75, 3.05) is 18.6 Å². The number of nitrogens with one attached hydrogen (secondary N) is 3. The third-order valence-corrected chi connectivity index (χ3v) is 6.03. The molecule has 3 amide bonds. The molecule has 0 aliphatic rings. The molecule has 0 aromatic heterocycles. The minimum absolute atomic E-state index is 0.191. The first-order valence-corrected chi connectivity index (χ1v) is 12.7. The average molecular weight is 492 g/mol. The van der Waals surface area contributed by atoms with E-state index in [0.717, 1.165) is 6.42 Å². The predicted molar refractivity (Wildman–Crippen MR) is 128 cm³/mol. The summed E-state index contributed by atoms with van der Waals surface area (Å²) >= 11 is 1.43. The Bertz CT molecular complexity index is 636. The van der Waals surface area contributed by atoms with Gasteiger partial charge in [0.15, 0.2) is 0 Å². The number of carbonyl (C=O) groups excluding carboxylic acids is 3. The van der Waals surface area contributed by atoms with Crippen LogP contribution in [-0.2, 0) is 19.2 Å². The maximum atomic E-state index is 13.0. The number of carbonyl (C=O) groups is 4. The molecular weight excluding hydrogens is 450 g/mol. The minimum atomic E-state index is -1.39. The van der Waals surface area contributed by atoms with Crippen molar-refractivity contribution in [2.45, 2.75) is 83.1 Å². The van der Waals surface area contributed by atoms with Gasteiger partial charge in [-0.3, -0.25) is 14.4 Å². The third-order valence-electron chi connectivity index (χ3n) is 5.39. The Balaban J connectivity index is 5.35. The zero-order valence-corrected chi connectivity index (χ0v) is 20.8. The van der Waals surface area contributed by atoms with Crippen LogP contribution in [0.25, 0.3) is 0 Å². The molecule has 0 heterocycles. The number of aliphatic hydroxyl groups is 1. The maximum Gasteiger partial charge on any atom is 0.326 e. The fourth-order valence-corrected chi connectivity index (χ4v) is 3.48. The van der Waals surface area contributed by atoms with Crippen molar-refractivity contribution < 1.29 is 29.4 Å².